The minimum absolute atomic E-state index is 0. The van der Waals surface area contributed by atoms with E-state index >= 15 is 0 Å². The molecule has 0 aliphatic rings. The first-order valence-electron chi connectivity index (χ1n) is 4.22. The number of rotatable bonds is 0. The van der Waals surface area contributed by atoms with Gasteiger partial charge in [0.1, 0.15) is 0 Å². The van der Waals surface area contributed by atoms with E-state index in [2.05, 4.69) is 0 Å². The number of halogens is 3. The lowest BCUT2D eigenvalue weighted by Crippen LogP contribution is -2.13. The maximum Gasteiger partial charge on any atom is 0.157 e. The molecular weight excluding hydrogens is 256 g/mol. The van der Waals surface area contributed by atoms with Crippen molar-refractivity contribution in [1.82, 2.24) is 0 Å². The molecule has 0 aliphatic carbocycles. The highest BCUT2D eigenvalue weighted by Gasteiger charge is 2.24. The van der Waals surface area contributed by atoms with Gasteiger partial charge in [0.05, 0.1) is 10.7 Å². The van der Waals surface area contributed by atoms with Crippen LogP contribution >= 0.6 is 35.6 Å². The van der Waals surface area contributed by atoms with Gasteiger partial charge in [-0.05, 0) is 17.0 Å². The molecule has 1 aromatic carbocycles. The van der Waals surface area contributed by atoms with Gasteiger partial charge in [0.25, 0.3) is 0 Å². The summed E-state index contributed by atoms with van der Waals surface area (Å²) in [5.41, 5.74) is 6.21. The molecule has 2 nitrogen and oxygen atoms in total. The highest BCUT2D eigenvalue weighted by Crippen LogP contribution is 2.43. The van der Waals surface area contributed by atoms with Gasteiger partial charge in [0.15, 0.2) is 5.75 Å². The van der Waals surface area contributed by atoms with Crippen LogP contribution in [0.5, 0.6) is 5.75 Å². The highest BCUT2D eigenvalue weighted by atomic mass is 35.5. The molecule has 0 spiro atoms. The summed E-state index contributed by atoms with van der Waals surface area (Å²) in [6, 6.07) is 1.52. The summed E-state index contributed by atoms with van der Waals surface area (Å²) < 4.78 is 0. The first-order valence-corrected chi connectivity index (χ1v) is 4.97. The molecule has 0 atom stereocenters. The maximum atomic E-state index is 9.56. The minimum Gasteiger partial charge on any atom is -0.504 e. The number of anilines is 1. The maximum absolute atomic E-state index is 9.56. The third-order valence-corrected chi connectivity index (χ3v) is 2.64. The van der Waals surface area contributed by atoms with Crippen molar-refractivity contribution in [3.8, 4) is 5.75 Å². The number of phenols is 1. The number of hydrogen-bond acceptors (Lipinski definition) is 2. The van der Waals surface area contributed by atoms with Gasteiger partial charge in [-0.3, -0.25) is 0 Å². The van der Waals surface area contributed by atoms with Crippen LogP contribution in [-0.4, -0.2) is 5.11 Å². The first kappa shape index (κ1) is 14.7. The Morgan fingerprint density at radius 2 is 1.73 bits per heavy atom. The minimum atomic E-state index is -0.223. The van der Waals surface area contributed by atoms with Gasteiger partial charge in [-0.2, -0.15) is 0 Å². The Balaban J connectivity index is 0.00000196. The van der Waals surface area contributed by atoms with Crippen molar-refractivity contribution >= 4 is 41.3 Å². The van der Waals surface area contributed by atoms with Crippen LogP contribution in [0.15, 0.2) is 6.07 Å². The Bertz CT molecular complexity index is 372. The van der Waals surface area contributed by atoms with Crippen molar-refractivity contribution < 1.29 is 5.11 Å². The Hall–Kier alpha value is -0.310. The second-order valence-electron chi connectivity index (χ2n) is 4.24. The van der Waals surface area contributed by atoms with Crippen molar-refractivity contribution in [3.05, 3.63) is 21.7 Å². The van der Waals surface area contributed by atoms with E-state index in [9.17, 15) is 5.11 Å². The lowest BCUT2D eigenvalue weighted by Gasteiger charge is -2.23. The summed E-state index contributed by atoms with van der Waals surface area (Å²) in [5, 5.41) is 10.3. The highest BCUT2D eigenvalue weighted by molar-refractivity contribution is 6.37. The summed E-state index contributed by atoms with van der Waals surface area (Å²) in [6.45, 7) is 5.90. The zero-order valence-electron chi connectivity index (χ0n) is 8.77. The van der Waals surface area contributed by atoms with Crippen LogP contribution in [0.1, 0.15) is 26.3 Å². The molecule has 0 saturated carbocycles. The lowest BCUT2D eigenvalue weighted by atomic mass is 9.86. The van der Waals surface area contributed by atoms with Crippen molar-refractivity contribution in [2.75, 3.05) is 5.73 Å². The number of nitrogens with two attached hydrogens (primary N) is 1. The number of aromatic hydroxyl groups is 1. The lowest BCUT2D eigenvalue weighted by molar-refractivity contribution is 0.474. The monoisotopic (exact) mass is 269 g/mol. The van der Waals surface area contributed by atoms with Crippen LogP contribution in [0.4, 0.5) is 5.69 Å². The molecule has 0 radical (unpaired) electrons. The quantitative estimate of drug-likeness (QED) is 0.553. The standard InChI is InChI=1S/C10H13Cl2NO.ClH/c1-10(2,3)7-5(11)4-6(13)9(14)8(7)12;/h4,14H,13H2,1-3H3;1H. The number of benzene rings is 1. The van der Waals surface area contributed by atoms with Crippen LogP contribution < -0.4 is 5.73 Å². The molecule has 86 valence electrons. The summed E-state index contributed by atoms with van der Waals surface area (Å²) in [5.74, 6) is -0.0963. The molecule has 5 heteroatoms. The summed E-state index contributed by atoms with van der Waals surface area (Å²) in [7, 11) is 0. The van der Waals surface area contributed by atoms with Crippen LogP contribution in [0, 0.1) is 0 Å². The fourth-order valence-electron chi connectivity index (χ4n) is 1.31. The molecule has 1 rings (SSSR count). The van der Waals surface area contributed by atoms with Crippen molar-refractivity contribution in [2.45, 2.75) is 26.2 Å². The number of phenolic OH excluding ortho intramolecular Hbond substituents is 1. The molecule has 0 unspecified atom stereocenters. The molecule has 0 amide bonds. The van der Waals surface area contributed by atoms with Gasteiger partial charge in [-0.25, -0.2) is 0 Å². The molecule has 0 bridgehead atoms. The first-order chi connectivity index (χ1) is 6.25. The zero-order chi connectivity index (χ0) is 11.1. The van der Waals surface area contributed by atoms with Crippen molar-refractivity contribution in [2.24, 2.45) is 0 Å². The van der Waals surface area contributed by atoms with Crippen LogP contribution in [-0.2, 0) is 5.41 Å². The van der Waals surface area contributed by atoms with Crippen molar-refractivity contribution in [1.29, 1.82) is 0 Å². The predicted octanol–water partition coefficient (Wildman–Crippen LogP) is 4.00. The van der Waals surface area contributed by atoms with Gasteiger partial charge in [0.2, 0.25) is 0 Å². The average molecular weight is 271 g/mol. The molecule has 0 fully saturated rings. The topological polar surface area (TPSA) is 46.2 Å². The largest absolute Gasteiger partial charge is 0.504 e. The van der Waals surface area contributed by atoms with Gasteiger partial charge in [-0.15, -0.1) is 12.4 Å². The summed E-state index contributed by atoms with van der Waals surface area (Å²) in [6.07, 6.45) is 0. The summed E-state index contributed by atoms with van der Waals surface area (Å²) in [4.78, 5) is 0. The molecule has 0 aliphatic heterocycles. The van der Waals surface area contributed by atoms with Crippen LogP contribution in [0.2, 0.25) is 10.0 Å². The molecular formula is C10H14Cl3NO. The third-order valence-electron chi connectivity index (χ3n) is 1.97. The predicted molar refractivity (Wildman–Crippen MR) is 68.5 cm³/mol. The van der Waals surface area contributed by atoms with E-state index in [1.165, 1.54) is 6.07 Å². The van der Waals surface area contributed by atoms with Crippen molar-refractivity contribution in [3.63, 3.8) is 0 Å². The Morgan fingerprint density at radius 3 is 2.13 bits per heavy atom. The fraction of sp³-hybridized carbons (Fsp3) is 0.400. The fourth-order valence-corrected chi connectivity index (χ4v) is 2.35. The normalized spacial score (nSPS) is 11.0. The molecule has 1 aromatic rings. The Morgan fingerprint density at radius 1 is 1.27 bits per heavy atom. The molecule has 0 heterocycles. The average Bonchev–Trinajstić information content (AvgIpc) is 1.97. The molecule has 0 aromatic heterocycles. The van der Waals surface area contributed by atoms with E-state index < -0.39 is 0 Å². The van der Waals surface area contributed by atoms with Gasteiger partial charge >= 0.3 is 0 Å². The van der Waals surface area contributed by atoms with E-state index in [1.54, 1.807) is 0 Å². The van der Waals surface area contributed by atoms with Crippen LogP contribution in [0.25, 0.3) is 0 Å². The number of hydrogen-bond donors (Lipinski definition) is 2. The molecule has 3 N–H and O–H groups in total. The van der Waals surface area contributed by atoms with Gasteiger partial charge in [0, 0.05) is 5.02 Å². The van der Waals surface area contributed by atoms with E-state index in [1.807, 2.05) is 20.8 Å². The molecule has 0 saturated heterocycles. The Kier molecular flexibility index (Phi) is 4.59. The number of nitrogen functional groups attached to an aromatic ring is 1. The van der Waals surface area contributed by atoms with E-state index in [0.717, 1.165) is 0 Å². The Labute approximate surface area is 106 Å². The zero-order valence-corrected chi connectivity index (χ0v) is 11.1. The van der Waals surface area contributed by atoms with Gasteiger partial charge < -0.3 is 10.8 Å². The third kappa shape index (κ3) is 2.83. The SMILES string of the molecule is CC(C)(C)c1c(Cl)cc(N)c(O)c1Cl.Cl. The van der Waals surface area contributed by atoms with E-state index in [-0.39, 0.29) is 34.3 Å². The molecule has 15 heavy (non-hydrogen) atoms. The van der Waals surface area contributed by atoms with Crippen LogP contribution in [0.3, 0.4) is 0 Å². The second-order valence-corrected chi connectivity index (χ2v) is 5.02. The van der Waals surface area contributed by atoms with E-state index in [0.29, 0.717) is 10.6 Å². The summed E-state index contributed by atoms with van der Waals surface area (Å²) >= 11 is 12.0. The smallest absolute Gasteiger partial charge is 0.157 e. The second kappa shape index (κ2) is 4.69. The van der Waals surface area contributed by atoms with E-state index in [4.69, 9.17) is 28.9 Å². The van der Waals surface area contributed by atoms with Gasteiger partial charge in [-0.1, -0.05) is 44.0 Å².